The van der Waals surface area contributed by atoms with Crippen LogP contribution in [0.3, 0.4) is 0 Å². The maximum Gasteiger partial charge on any atom is 0.249 e. The minimum absolute atomic E-state index is 0.297. The third kappa shape index (κ3) is 3.60. The van der Waals surface area contributed by atoms with Gasteiger partial charge in [-0.05, 0) is 54.6 Å². The molecule has 0 spiro atoms. The molecule has 148 valence electrons. The first-order valence-electron chi connectivity index (χ1n) is 8.73. The van der Waals surface area contributed by atoms with Gasteiger partial charge in [-0.2, -0.15) is 4.98 Å². The summed E-state index contributed by atoms with van der Waals surface area (Å²) in [6, 6.07) is 14.9. The molecular weight excluding hydrogens is 446 g/mol. The number of rotatable bonds is 4. The Morgan fingerprint density at radius 1 is 0.967 bits per heavy atom. The quantitative estimate of drug-likeness (QED) is 0.353. The Hall–Kier alpha value is -3.07. The zero-order chi connectivity index (χ0) is 20.7. The number of halogens is 3. The molecule has 0 amide bonds. The fraction of sp³-hybridized carbons (Fsp3) is 0. The monoisotopic (exact) mass is 456 g/mol. The molecule has 0 saturated heterocycles. The highest BCUT2D eigenvalue weighted by Crippen LogP contribution is 2.33. The first kappa shape index (κ1) is 18.9. The molecule has 0 fully saturated rings. The fourth-order valence-corrected chi connectivity index (χ4v) is 4.11. The van der Waals surface area contributed by atoms with Crippen LogP contribution in [0.2, 0.25) is 10.0 Å². The van der Waals surface area contributed by atoms with E-state index in [1.807, 2.05) is 5.38 Å². The van der Waals surface area contributed by atoms with Gasteiger partial charge in [0.25, 0.3) is 0 Å². The predicted octanol–water partition coefficient (Wildman–Crippen LogP) is 6.10. The molecule has 0 aliphatic carbocycles. The van der Waals surface area contributed by atoms with Crippen molar-refractivity contribution in [2.24, 2.45) is 0 Å². The lowest BCUT2D eigenvalue weighted by atomic mass is 10.1. The highest BCUT2D eigenvalue weighted by molar-refractivity contribution is 7.15. The average Bonchev–Trinajstić information content (AvgIpc) is 3.31. The number of nitrogens with zero attached hydrogens (tertiary/aromatic N) is 5. The van der Waals surface area contributed by atoms with Crippen molar-refractivity contribution in [3.8, 4) is 22.5 Å². The molecule has 0 aliphatic rings. The van der Waals surface area contributed by atoms with E-state index in [1.54, 1.807) is 47.0 Å². The van der Waals surface area contributed by atoms with Gasteiger partial charge in [0, 0.05) is 21.5 Å². The molecule has 5 rings (SSSR count). The van der Waals surface area contributed by atoms with E-state index in [-0.39, 0.29) is 5.82 Å². The molecule has 0 unspecified atom stereocenters. The van der Waals surface area contributed by atoms with Crippen LogP contribution in [-0.2, 0) is 0 Å². The van der Waals surface area contributed by atoms with Gasteiger partial charge in [-0.1, -0.05) is 23.2 Å². The molecular formula is C20H11Cl2FN6S. The van der Waals surface area contributed by atoms with Crippen molar-refractivity contribution in [1.82, 2.24) is 24.8 Å². The number of hydrogen-bond donors (Lipinski definition) is 1. The number of anilines is 2. The average molecular weight is 457 g/mol. The molecule has 30 heavy (non-hydrogen) atoms. The standard InChI is InChI=1S/C20H11Cl2FN6S/c21-12-3-6-15(22)14(9-12)17-10-30-20-25-19(28-29(17)20)24-18-8-7-16(26-27-18)11-1-4-13(23)5-2-11/h1-10H,(H,24,27,28). The van der Waals surface area contributed by atoms with E-state index in [0.717, 1.165) is 16.8 Å². The lowest BCUT2D eigenvalue weighted by molar-refractivity contribution is 0.628. The molecule has 0 atom stereocenters. The minimum atomic E-state index is -0.297. The van der Waals surface area contributed by atoms with E-state index in [1.165, 1.54) is 23.5 Å². The van der Waals surface area contributed by atoms with Gasteiger partial charge < -0.3 is 5.32 Å². The summed E-state index contributed by atoms with van der Waals surface area (Å²) >= 11 is 13.9. The van der Waals surface area contributed by atoms with E-state index in [2.05, 4.69) is 25.6 Å². The van der Waals surface area contributed by atoms with Gasteiger partial charge in [-0.3, -0.25) is 0 Å². The smallest absolute Gasteiger partial charge is 0.249 e. The van der Waals surface area contributed by atoms with Gasteiger partial charge in [-0.15, -0.1) is 26.6 Å². The van der Waals surface area contributed by atoms with Crippen LogP contribution in [0.5, 0.6) is 0 Å². The summed E-state index contributed by atoms with van der Waals surface area (Å²) < 4.78 is 14.8. The summed E-state index contributed by atoms with van der Waals surface area (Å²) in [4.78, 5) is 5.16. The second-order valence-electron chi connectivity index (χ2n) is 6.31. The van der Waals surface area contributed by atoms with Crippen LogP contribution in [0.15, 0.2) is 60.0 Å². The van der Waals surface area contributed by atoms with Gasteiger partial charge in [-0.25, -0.2) is 8.91 Å². The second kappa shape index (κ2) is 7.64. The third-order valence-electron chi connectivity index (χ3n) is 4.33. The maximum absolute atomic E-state index is 13.1. The summed E-state index contributed by atoms with van der Waals surface area (Å²) in [5.74, 6) is 0.570. The Morgan fingerprint density at radius 3 is 2.57 bits per heavy atom. The van der Waals surface area contributed by atoms with Crippen molar-refractivity contribution in [3.63, 3.8) is 0 Å². The number of thiazole rings is 1. The number of hydrogen-bond acceptors (Lipinski definition) is 6. The first-order valence-corrected chi connectivity index (χ1v) is 10.4. The largest absolute Gasteiger partial charge is 0.306 e. The van der Waals surface area contributed by atoms with Crippen LogP contribution in [-0.4, -0.2) is 24.8 Å². The summed E-state index contributed by atoms with van der Waals surface area (Å²) in [6.45, 7) is 0. The second-order valence-corrected chi connectivity index (χ2v) is 7.99. The third-order valence-corrected chi connectivity index (χ3v) is 5.71. The number of nitrogens with one attached hydrogen (secondary N) is 1. The molecule has 0 radical (unpaired) electrons. The Kier molecular flexibility index (Phi) is 4.82. The van der Waals surface area contributed by atoms with E-state index >= 15 is 0 Å². The van der Waals surface area contributed by atoms with E-state index < -0.39 is 0 Å². The molecule has 5 aromatic rings. The van der Waals surface area contributed by atoms with Crippen LogP contribution < -0.4 is 5.32 Å². The van der Waals surface area contributed by atoms with Crippen molar-refractivity contribution in [3.05, 3.63) is 75.8 Å². The number of aromatic nitrogens is 5. The van der Waals surface area contributed by atoms with Crippen LogP contribution in [0.4, 0.5) is 16.2 Å². The molecule has 6 nitrogen and oxygen atoms in total. The molecule has 0 saturated carbocycles. The topological polar surface area (TPSA) is 68.0 Å². The highest BCUT2D eigenvalue weighted by atomic mass is 35.5. The maximum atomic E-state index is 13.1. The molecule has 0 bridgehead atoms. The lowest BCUT2D eigenvalue weighted by Gasteiger charge is -2.04. The van der Waals surface area contributed by atoms with Crippen molar-refractivity contribution in [2.45, 2.75) is 0 Å². The fourth-order valence-electron chi connectivity index (χ4n) is 2.90. The SMILES string of the molecule is Fc1ccc(-c2ccc(Nc3nc4scc(-c5cc(Cl)ccc5Cl)n4n3)nn2)cc1. The van der Waals surface area contributed by atoms with Crippen molar-refractivity contribution in [2.75, 3.05) is 5.32 Å². The zero-order valence-corrected chi connectivity index (χ0v) is 17.4. The number of benzene rings is 2. The van der Waals surface area contributed by atoms with Crippen molar-refractivity contribution >= 4 is 51.3 Å². The summed E-state index contributed by atoms with van der Waals surface area (Å²) in [6.07, 6.45) is 0. The first-order chi connectivity index (χ1) is 14.6. The van der Waals surface area contributed by atoms with E-state index in [9.17, 15) is 4.39 Å². The lowest BCUT2D eigenvalue weighted by Crippen LogP contribution is -1.98. The molecule has 1 N–H and O–H groups in total. The Bertz CT molecular complexity index is 1350. The summed E-state index contributed by atoms with van der Waals surface area (Å²) in [5.41, 5.74) is 2.98. The van der Waals surface area contributed by atoms with E-state index in [0.29, 0.717) is 32.5 Å². The van der Waals surface area contributed by atoms with Crippen molar-refractivity contribution in [1.29, 1.82) is 0 Å². The Labute approximate surface area is 183 Å². The zero-order valence-electron chi connectivity index (χ0n) is 15.1. The van der Waals surface area contributed by atoms with Gasteiger partial charge in [0.2, 0.25) is 10.9 Å². The van der Waals surface area contributed by atoms with Gasteiger partial charge >= 0.3 is 0 Å². The summed E-state index contributed by atoms with van der Waals surface area (Å²) in [5, 5.41) is 19.0. The molecule has 10 heteroatoms. The van der Waals surface area contributed by atoms with Gasteiger partial charge in [0.15, 0.2) is 5.82 Å². The Balaban J connectivity index is 1.41. The summed E-state index contributed by atoms with van der Waals surface area (Å²) in [7, 11) is 0. The predicted molar refractivity (Wildman–Crippen MR) is 117 cm³/mol. The van der Waals surface area contributed by atoms with Gasteiger partial charge in [0.05, 0.1) is 16.4 Å². The molecule has 3 heterocycles. The number of fused-ring (bicyclic) bond motifs is 1. The molecule has 2 aromatic carbocycles. The molecule has 0 aliphatic heterocycles. The van der Waals surface area contributed by atoms with Crippen LogP contribution in [0.25, 0.3) is 27.5 Å². The van der Waals surface area contributed by atoms with E-state index in [4.69, 9.17) is 23.2 Å². The van der Waals surface area contributed by atoms with Gasteiger partial charge in [0.1, 0.15) is 5.82 Å². The Morgan fingerprint density at radius 2 is 1.80 bits per heavy atom. The molecule has 3 aromatic heterocycles. The van der Waals surface area contributed by atoms with Crippen LogP contribution in [0.1, 0.15) is 0 Å². The van der Waals surface area contributed by atoms with Crippen LogP contribution >= 0.6 is 34.5 Å². The highest BCUT2D eigenvalue weighted by Gasteiger charge is 2.15. The van der Waals surface area contributed by atoms with Crippen LogP contribution in [0, 0.1) is 5.82 Å². The normalized spacial score (nSPS) is 11.2. The van der Waals surface area contributed by atoms with Crippen molar-refractivity contribution < 1.29 is 4.39 Å². The minimum Gasteiger partial charge on any atom is -0.306 e.